The van der Waals surface area contributed by atoms with Crippen LogP contribution in [0.15, 0.2) is 24.3 Å². The van der Waals surface area contributed by atoms with Crippen LogP contribution in [0.3, 0.4) is 0 Å². The molecule has 2 aliphatic heterocycles. The third kappa shape index (κ3) is 2.39. The molecular weight excluding hydrogens is 254 g/mol. The molecule has 5 nitrogen and oxygen atoms in total. The number of amides is 1. The number of hydrogen-bond acceptors (Lipinski definition) is 4. The zero-order valence-electron chi connectivity index (χ0n) is 11.8. The number of carbonyl (C=O) groups is 1. The number of anilines is 2. The molecule has 0 aromatic heterocycles. The maximum Gasteiger partial charge on any atom is 0.257 e. The number of hydrogen-bond donors (Lipinski definition) is 1. The molecule has 0 spiro atoms. The van der Waals surface area contributed by atoms with E-state index >= 15 is 0 Å². The zero-order chi connectivity index (χ0) is 13.9. The molecule has 2 heterocycles. The topological polar surface area (TPSA) is 44.8 Å². The van der Waals surface area contributed by atoms with E-state index in [2.05, 4.69) is 23.2 Å². The van der Waals surface area contributed by atoms with E-state index in [-0.39, 0.29) is 12.0 Å². The Balaban J connectivity index is 1.85. The highest BCUT2D eigenvalue weighted by Crippen LogP contribution is 2.33. The van der Waals surface area contributed by atoms with Crippen molar-refractivity contribution in [3.63, 3.8) is 0 Å². The lowest BCUT2D eigenvalue weighted by Gasteiger charge is -2.39. The van der Waals surface area contributed by atoms with Crippen LogP contribution in [0.4, 0.5) is 11.4 Å². The monoisotopic (exact) mass is 275 g/mol. The van der Waals surface area contributed by atoms with Gasteiger partial charge in [0.25, 0.3) is 5.91 Å². The number of fused-ring (bicyclic) bond motifs is 1. The van der Waals surface area contributed by atoms with Gasteiger partial charge in [0, 0.05) is 32.7 Å². The van der Waals surface area contributed by atoms with Crippen LogP contribution in [-0.4, -0.2) is 51.3 Å². The minimum Gasteiger partial charge on any atom is -0.368 e. The fraction of sp³-hybridized carbons (Fsp3) is 0.533. The molecule has 1 aromatic rings. The molecular formula is C15H21N3O2. The molecule has 1 fully saturated rings. The fourth-order valence-electron chi connectivity index (χ4n) is 2.88. The van der Waals surface area contributed by atoms with Gasteiger partial charge in [-0.3, -0.25) is 4.79 Å². The second-order valence-corrected chi connectivity index (χ2v) is 5.12. The summed E-state index contributed by atoms with van der Waals surface area (Å²) in [5.41, 5.74) is 2.14. The molecule has 1 unspecified atom stereocenters. The molecule has 0 radical (unpaired) electrons. The number of morpholine rings is 1. The van der Waals surface area contributed by atoms with E-state index in [9.17, 15) is 4.79 Å². The summed E-state index contributed by atoms with van der Waals surface area (Å²) in [6.07, 6.45) is -0.356. The first-order chi connectivity index (χ1) is 9.81. The molecule has 1 atom stereocenters. The lowest BCUT2D eigenvalue weighted by atomic mass is 10.1. The van der Waals surface area contributed by atoms with Crippen molar-refractivity contribution < 1.29 is 9.53 Å². The maximum atomic E-state index is 12.7. The summed E-state index contributed by atoms with van der Waals surface area (Å²) in [5, 5.41) is 3.22. The van der Waals surface area contributed by atoms with Gasteiger partial charge in [0.2, 0.25) is 0 Å². The first-order valence-corrected chi connectivity index (χ1v) is 7.29. The molecule has 0 bridgehead atoms. The predicted octanol–water partition coefficient (Wildman–Crippen LogP) is 0.848. The quantitative estimate of drug-likeness (QED) is 0.869. The van der Waals surface area contributed by atoms with Crippen LogP contribution in [-0.2, 0) is 9.53 Å². The van der Waals surface area contributed by atoms with Crippen molar-refractivity contribution in [3.05, 3.63) is 24.3 Å². The van der Waals surface area contributed by atoms with Crippen LogP contribution in [0, 0.1) is 0 Å². The average molecular weight is 275 g/mol. The number of nitrogens with one attached hydrogen (secondary N) is 1. The Kier molecular flexibility index (Phi) is 3.89. The number of likely N-dealkylation sites (N-methyl/N-ethyl adjacent to an activating group) is 1. The molecule has 5 heteroatoms. The van der Waals surface area contributed by atoms with E-state index in [1.165, 1.54) is 0 Å². The van der Waals surface area contributed by atoms with Gasteiger partial charge in [0.1, 0.15) is 6.10 Å². The Hall–Kier alpha value is -1.59. The van der Waals surface area contributed by atoms with E-state index in [0.717, 1.165) is 37.6 Å². The minimum atomic E-state index is -0.356. The van der Waals surface area contributed by atoms with E-state index in [1.54, 1.807) is 0 Å². The lowest BCUT2D eigenvalue weighted by molar-refractivity contribution is -0.131. The summed E-state index contributed by atoms with van der Waals surface area (Å²) in [4.78, 5) is 16.8. The van der Waals surface area contributed by atoms with Gasteiger partial charge in [0.15, 0.2) is 0 Å². The molecule has 1 saturated heterocycles. The van der Waals surface area contributed by atoms with Gasteiger partial charge < -0.3 is 19.9 Å². The van der Waals surface area contributed by atoms with Gasteiger partial charge in [0.05, 0.1) is 18.0 Å². The minimum absolute atomic E-state index is 0.0698. The summed E-state index contributed by atoms with van der Waals surface area (Å²) in [6.45, 7) is 6.73. The van der Waals surface area contributed by atoms with Crippen molar-refractivity contribution in [1.29, 1.82) is 0 Å². The fourth-order valence-corrected chi connectivity index (χ4v) is 2.88. The highest BCUT2D eigenvalue weighted by molar-refractivity contribution is 6.00. The predicted molar refractivity (Wildman–Crippen MR) is 79.3 cm³/mol. The Morgan fingerprint density at radius 3 is 2.85 bits per heavy atom. The third-order valence-corrected chi connectivity index (χ3v) is 3.96. The molecule has 1 aromatic carbocycles. The summed E-state index contributed by atoms with van der Waals surface area (Å²) < 4.78 is 5.59. The van der Waals surface area contributed by atoms with Crippen LogP contribution in [0.2, 0.25) is 0 Å². The number of carbonyl (C=O) groups excluding carboxylic acids is 1. The number of ether oxygens (including phenoxy) is 1. The Morgan fingerprint density at radius 1 is 1.35 bits per heavy atom. The first kappa shape index (κ1) is 13.4. The second kappa shape index (κ2) is 5.81. The first-order valence-electron chi connectivity index (χ1n) is 7.29. The summed E-state index contributed by atoms with van der Waals surface area (Å²) in [5.74, 6) is 0.0698. The molecule has 3 rings (SSSR count). The van der Waals surface area contributed by atoms with E-state index in [4.69, 9.17) is 4.74 Å². The van der Waals surface area contributed by atoms with Crippen molar-refractivity contribution >= 4 is 17.3 Å². The van der Waals surface area contributed by atoms with Crippen LogP contribution in [0.1, 0.15) is 6.92 Å². The van der Waals surface area contributed by atoms with Gasteiger partial charge in [-0.05, 0) is 19.1 Å². The Morgan fingerprint density at radius 2 is 2.15 bits per heavy atom. The molecule has 2 aliphatic rings. The molecule has 0 aliphatic carbocycles. The van der Waals surface area contributed by atoms with E-state index in [0.29, 0.717) is 13.2 Å². The largest absolute Gasteiger partial charge is 0.368 e. The standard InChI is InChI=1S/C15H21N3O2/c1-2-17-8-9-18(13-6-4-3-5-12(13)17)15(19)14-11-16-7-10-20-14/h3-6,14,16H,2,7-11H2,1H3. The summed E-state index contributed by atoms with van der Waals surface area (Å²) in [7, 11) is 0. The van der Waals surface area contributed by atoms with Crippen LogP contribution >= 0.6 is 0 Å². The highest BCUT2D eigenvalue weighted by Gasteiger charge is 2.31. The second-order valence-electron chi connectivity index (χ2n) is 5.12. The number of benzene rings is 1. The van der Waals surface area contributed by atoms with Crippen LogP contribution in [0.5, 0.6) is 0 Å². The van der Waals surface area contributed by atoms with Crippen molar-refractivity contribution in [2.75, 3.05) is 49.1 Å². The molecule has 20 heavy (non-hydrogen) atoms. The van der Waals surface area contributed by atoms with E-state index in [1.807, 2.05) is 23.1 Å². The Labute approximate surface area is 119 Å². The molecule has 0 saturated carbocycles. The normalized spacial score (nSPS) is 22.6. The van der Waals surface area contributed by atoms with Crippen LogP contribution in [0.25, 0.3) is 0 Å². The smallest absolute Gasteiger partial charge is 0.257 e. The van der Waals surface area contributed by atoms with E-state index < -0.39 is 0 Å². The summed E-state index contributed by atoms with van der Waals surface area (Å²) in [6, 6.07) is 8.11. The number of para-hydroxylation sites is 2. The van der Waals surface area contributed by atoms with Crippen molar-refractivity contribution in [1.82, 2.24) is 5.32 Å². The number of rotatable bonds is 2. The Bertz CT molecular complexity index is 486. The SMILES string of the molecule is CCN1CCN(C(=O)C2CNCCO2)c2ccccc21. The van der Waals surface area contributed by atoms with Crippen molar-refractivity contribution in [3.8, 4) is 0 Å². The highest BCUT2D eigenvalue weighted by atomic mass is 16.5. The molecule has 108 valence electrons. The summed E-state index contributed by atoms with van der Waals surface area (Å²) >= 11 is 0. The number of nitrogens with zero attached hydrogens (tertiary/aromatic N) is 2. The molecule has 1 N–H and O–H groups in total. The van der Waals surface area contributed by atoms with Crippen LogP contribution < -0.4 is 15.1 Å². The van der Waals surface area contributed by atoms with Crippen molar-refractivity contribution in [2.45, 2.75) is 13.0 Å². The lowest BCUT2D eigenvalue weighted by Crippen LogP contribution is -2.53. The van der Waals surface area contributed by atoms with Gasteiger partial charge >= 0.3 is 0 Å². The third-order valence-electron chi connectivity index (χ3n) is 3.96. The van der Waals surface area contributed by atoms with Gasteiger partial charge in [-0.25, -0.2) is 0 Å². The van der Waals surface area contributed by atoms with Gasteiger partial charge in [-0.1, -0.05) is 12.1 Å². The zero-order valence-corrected chi connectivity index (χ0v) is 11.8. The average Bonchev–Trinajstić information content (AvgIpc) is 2.54. The van der Waals surface area contributed by atoms with Gasteiger partial charge in [-0.15, -0.1) is 0 Å². The molecule has 1 amide bonds. The van der Waals surface area contributed by atoms with Gasteiger partial charge in [-0.2, -0.15) is 0 Å². The maximum absolute atomic E-state index is 12.7. The van der Waals surface area contributed by atoms with Crippen molar-refractivity contribution in [2.24, 2.45) is 0 Å².